The van der Waals surface area contributed by atoms with Crippen LogP contribution >= 0.6 is 0 Å². The molecule has 0 unspecified atom stereocenters. The van der Waals surface area contributed by atoms with Crippen LogP contribution in [-0.4, -0.2) is 28.8 Å². The van der Waals surface area contributed by atoms with E-state index in [0.29, 0.717) is 23.3 Å². The summed E-state index contributed by atoms with van der Waals surface area (Å²) in [6.07, 6.45) is 0.943. The molecule has 0 saturated heterocycles. The first-order chi connectivity index (χ1) is 14.5. The summed E-state index contributed by atoms with van der Waals surface area (Å²) in [5.41, 5.74) is 2.44. The van der Waals surface area contributed by atoms with Gasteiger partial charge in [-0.3, -0.25) is 4.79 Å². The highest BCUT2D eigenvalue weighted by atomic mass is 16.5. The molecular weight excluding hydrogens is 376 g/mol. The minimum absolute atomic E-state index is 0.281. The Morgan fingerprint density at radius 1 is 1.00 bits per heavy atom. The van der Waals surface area contributed by atoms with Crippen LogP contribution in [0.15, 0.2) is 84.0 Å². The van der Waals surface area contributed by atoms with Crippen molar-refractivity contribution in [2.45, 2.75) is 25.5 Å². The van der Waals surface area contributed by atoms with Crippen molar-refractivity contribution in [3.05, 3.63) is 90.0 Å². The molecule has 1 aliphatic rings. The van der Waals surface area contributed by atoms with E-state index in [0.717, 1.165) is 16.8 Å². The van der Waals surface area contributed by atoms with Gasteiger partial charge in [0.05, 0.1) is 7.11 Å². The van der Waals surface area contributed by atoms with Gasteiger partial charge >= 0.3 is 0 Å². The Balaban J connectivity index is 1.65. The number of rotatable bonds is 5. The lowest BCUT2D eigenvalue weighted by Crippen LogP contribution is -2.43. The third-order valence-electron chi connectivity index (χ3n) is 5.43. The Kier molecular flexibility index (Phi) is 5.38. The van der Waals surface area contributed by atoms with Crippen LogP contribution in [-0.2, 0) is 5.72 Å². The first-order valence-corrected chi connectivity index (χ1v) is 9.98. The molecule has 30 heavy (non-hydrogen) atoms. The highest BCUT2D eigenvalue weighted by Crippen LogP contribution is 2.37. The molecular formula is C25H24N2O3. The monoisotopic (exact) mass is 400 g/mol. The summed E-state index contributed by atoms with van der Waals surface area (Å²) >= 11 is 0. The van der Waals surface area contributed by atoms with Crippen molar-refractivity contribution in [1.29, 1.82) is 0 Å². The minimum atomic E-state index is -1.52. The van der Waals surface area contributed by atoms with E-state index < -0.39 is 5.72 Å². The molecule has 5 nitrogen and oxygen atoms in total. The summed E-state index contributed by atoms with van der Waals surface area (Å²) in [7, 11) is 1.59. The molecule has 0 aromatic heterocycles. The first-order valence-electron chi connectivity index (χ1n) is 9.98. The van der Waals surface area contributed by atoms with Gasteiger partial charge < -0.3 is 9.84 Å². The number of ether oxygens (including phenoxy) is 1. The molecule has 0 radical (unpaired) electrons. The zero-order valence-corrected chi connectivity index (χ0v) is 17.1. The number of aliphatic hydroxyl groups is 1. The van der Waals surface area contributed by atoms with Crippen molar-refractivity contribution in [2.75, 3.05) is 7.11 Å². The van der Waals surface area contributed by atoms with Crippen LogP contribution in [0.25, 0.3) is 11.1 Å². The smallest absolute Gasteiger partial charge is 0.276 e. The second kappa shape index (κ2) is 8.13. The highest BCUT2D eigenvalue weighted by molar-refractivity contribution is 5.98. The fourth-order valence-electron chi connectivity index (χ4n) is 3.67. The molecule has 1 aliphatic heterocycles. The first kappa shape index (κ1) is 19.9. The van der Waals surface area contributed by atoms with Gasteiger partial charge in [0.2, 0.25) is 0 Å². The van der Waals surface area contributed by atoms with E-state index in [1.165, 1.54) is 5.01 Å². The highest BCUT2D eigenvalue weighted by Gasteiger charge is 2.45. The molecule has 0 spiro atoms. The molecule has 0 fully saturated rings. The summed E-state index contributed by atoms with van der Waals surface area (Å²) in [5.74, 6) is 0.350. The third-order valence-corrected chi connectivity index (χ3v) is 5.43. The summed E-state index contributed by atoms with van der Waals surface area (Å²) in [5, 5.41) is 17.2. The predicted molar refractivity (Wildman–Crippen MR) is 117 cm³/mol. The molecule has 1 amide bonds. The molecule has 1 heterocycles. The van der Waals surface area contributed by atoms with Crippen LogP contribution in [0.4, 0.5) is 0 Å². The van der Waals surface area contributed by atoms with Gasteiger partial charge in [-0.1, -0.05) is 61.5 Å². The molecule has 152 valence electrons. The average molecular weight is 400 g/mol. The third kappa shape index (κ3) is 3.60. The zero-order chi connectivity index (χ0) is 21.1. The van der Waals surface area contributed by atoms with Gasteiger partial charge in [0, 0.05) is 23.3 Å². The van der Waals surface area contributed by atoms with E-state index in [9.17, 15) is 9.90 Å². The Morgan fingerprint density at radius 2 is 1.63 bits per heavy atom. The van der Waals surface area contributed by atoms with E-state index in [2.05, 4.69) is 5.10 Å². The lowest BCUT2D eigenvalue weighted by molar-refractivity contribution is -0.0765. The number of amides is 1. The van der Waals surface area contributed by atoms with Gasteiger partial charge in [-0.2, -0.15) is 10.1 Å². The van der Waals surface area contributed by atoms with Crippen LogP contribution in [0.2, 0.25) is 0 Å². The van der Waals surface area contributed by atoms with Gasteiger partial charge in [0.15, 0.2) is 5.72 Å². The van der Waals surface area contributed by atoms with Gasteiger partial charge in [-0.05, 0) is 41.8 Å². The summed E-state index contributed by atoms with van der Waals surface area (Å²) in [6.45, 7) is 1.97. The molecule has 5 heteroatoms. The van der Waals surface area contributed by atoms with Crippen molar-refractivity contribution in [2.24, 2.45) is 5.10 Å². The van der Waals surface area contributed by atoms with Crippen molar-refractivity contribution in [3.8, 4) is 16.9 Å². The second-order valence-electron chi connectivity index (χ2n) is 7.30. The molecule has 3 aromatic carbocycles. The minimum Gasteiger partial charge on any atom is -0.497 e. The van der Waals surface area contributed by atoms with Crippen LogP contribution < -0.4 is 4.74 Å². The van der Waals surface area contributed by atoms with Crippen molar-refractivity contribution < 1.29 is 14.6 Å². The maximum Gasteiger partial charge on any atom is 0.276 e. The molecule has 1 atom stereocenters. The number of hydrogen-bond acceptors (Lipinski definition) is 4. The van der Waals surface area contributed by atoms with Crippen molar-refractivity contribution >= 4 is 11.6 Å². The molecule has 4 rings (SSSR count). The number of hydrogen-bond donors (Lipinski definition) is 1. The van der Waals surface area contributed by atoms with Gasteiger partial charge in [-0.25, -0.2) is 0 Å². The lowest BCUT2D eigenvalue weighted by Gasteiger charge is -2.31. The van der Waals surface area contributed by atoms with Crippen LogP contribution in [0.5, 0.6) is 5.75 Å². The molecule has 1 N–H and O–H groups in total. The summed E-state index contributed by atoms with van der Waals surface area (Å²) < 4.78 is 5.21. The predicted octanol–water partition coefficient (Wildman–Crippen LogP) is 4.82. The maximum absolute atomic E-state index is 13.3. The SMILES string of the molecule is CCC1=NN(C(=O)c2ccc(-c3ccccc3)cc2)[C@@](O)(c2ccc(OC)cc2)C1. The largest absolute Gasteiger partial charge is 0.497 e. The molecule has 0 aliphatic carbocycles. The summed E-state index contributed by atoms with van der Waals surface area (Å²) in [4.78, 5) is 13.3. The molecule has 3 aromatic rings. The van der Waals surface area contributed by atoms with Gasteiger partial charge in [0.25, 0.3) is 5.91 Å². The van der Waals surface area contributed by atoms with E-state index in [1.807, 2.05) is 49.4 Å². The molecule has 0 saturated carbocycles. The fourth-order valence-corrected chi connectivity index (χ4v) is 3.67. The average Bonchev–Trinajstić information content (AvgIpc) is 3.17. The molecule has 0 bridgehead atoms. The summed E-state index contributed by atoms with van der Waals surface area (Å²) in [6, 6.07) is 24.4. The second-order valence-corrected chi connectivity index (χ2v) is 7.30. The number of carbonyl (C=O) groups excluding carboxylic acids is 1. The number of nitrogens with zero attached hydrogens (tertiary/aromatic N) is 2. The Bertz CT molecular complexity index is 1060. The van der Waals surface area contributed by atoms with E-state index in [-0.39, 0.29) is 12.3 Å². The maximum atomic E-state index is 13.3. The quantitative estimate of drug-likeness (QED) is 0.668. The topological polar surface area (TPSA) is 62.1 Å². The van der Waals surface area contributed by atoms with Crippen molar-refractivity contribution in [3.63, 3.8) is 0 Å². The van der Waals surface area contributed by atoms with E-state index in [4.69, 9.17) is 4.74 Å². The number of benzene rings is 3. The Labute approximate surface area is 176 Å². The normalized spacial score (nSPS) is 18.2. The van der Waals surface area contributed by atoms with Crippen molar-refractivity contribution in [1.82, 2.24) is 5.01 Å². The Morgan fingerprint density at radius 3 is 2.23 bits per heavy atom. The fraction of sp³-hybridized carbons (Fsp3) is 0.200. The Hall–Kier alpha value is -3.44. The number of hydrazone groups is 1. The zero-order valence-electron chi connectivity index (χ0n) is 17.1. The number of methoxy groups -OCH3 is 1. The van der Waals surface area contributed by atoms with Gasteiger partial charge in [0.1, 0.15) is 5.75 Å². The van der Waals surface area contributed by atoms with E-state index >= 15 is 0 Å². The van der Waals surface area contributed by atoms with Crippen LogP contribution in [0.1, 0.15) is 35.7 Å². The van der Waals surface area contributed by atoms with Gasteiger partial charge in [-0.15, -0.1) is 0 Å². The van der Waals surface area contributed by atoms with Crippen LogP contribution in [0, 0.1) is 0 Å². The lowest BCUT2D eigenvalue weighted by atomic mass is 9.95. The van der Waals surface area contributed by atoms with E-state index in [1.54, 1.807) is 43.5 Å². The number of carbonyl (C=O) groups is 1. The van der Waals surface area contributed by atoms with Crippen LogP contribution in [0.3, 0.4) is 0 Å². The standard InChI is InChI=1S/C25H24N2O3/c1-3-22-17-25(29,21-13-15-23(30-2)16-14-21)27(26-22)24(28)20-11-9-19(10-12-20)18-7-5-4-6-8-18/h4-16,29H,3,17H2,1-2H3/t25-/m0/s1.